The van der Waals surface area contributed by atoms with Crippen molar-refractivity contribution in [1.29, 1.82) is 0 Å². The van der Waals surface area contributed by atoms with Crippen LogP contribution < -0.4 is 18.9 Å². The monoisotopic (exact) mass is 536 g/mol. The normalized spacial score (nSPS) is 17.4. The van der Waals surface area contributed by atoms with E-state index in [0.29, 0.717) is 32.5 Å². The Hall–Kier alpha value is -2.79. The van der Waals surface area contributed by atoms with E-state index in [-0.39, 0.29) is 42.1 Å². The molecule has 2 aromatic carbocycles. The van der Waals surface area contributed by atoms with Crippen molar-refractivity contribution >= 4 is 34.9 Å². The first kappa shape index (κ1) is 33.2. The molecule has 2 atom stereocenters. The maximum Gasteiger partial charge on any atom is 1.00 e. The zero-order valence-corrected chi connectivity index (χ0v) is 23.1. The van der Waals surface area contributed by atoms with Crippen LogP contribution in [-0.4, -0.2) is 53.5 Å². The van der Waals surface area contributed by atoms with Crippen molar-refractivity contribution in [3.8, 4) is 0 Å². The first-order chi connectivity index (χ1) is 17.8. The molecule has 2 aliphatic heterocycles. The van der Waals surface area contributed by atoms with E-state index in [9.17, 15) is 19.2 Å². The molecule has 2 heterocycles. The van der Waals surface area contributed by atoms with Gasteiger partial charge in [0.25, 0.3) is 0 Å². The number of cyclic esters (lactones) is 2. The Morgan fingerprint density at radius 1 is 0.868 bits per heavy atom. The number of nitrogens with zero attached hydrogens (tertiary/aromatic N) is 2. The Morgan fingerprint density at radius 2 is 1.42 bits per heavy atom. The third-order valence-electron chi connectivity index (χ3n) is 5.78. The van der Waals surface area contributed by atoms with E-state index in [1.165, 1.54) is 4.90 Å². The fourth-order valence-electron chi connectivity index (χ4n) is 3.57. The predicted molar refractivity (Wildman–Crippen MR) is 141 cm³/mol. The minimum absolute atomic E-state index is 0. The fourth-order valence-corrected chi connectivity index (χ4v) is 3.66. The van der Waals surface area contributed by atoms with Crippen LogP contribution in [0.2, 0.25) is 0 Å². The van der Waals surface area contributed by atoms with Crippen LogP contribution in [-0.2, 0) is 31.9 Å². The molecule has 4 rings (SSSR count). The molecule has 2 saturated heterocycles. The number of ether oxygens (including phenoxy) is 2. The topological polar surface area (TPSA) is 104 Å². The van der Waals surface area contributed by atoms with Crippen LogP contribution in [0.5, 0.6) is 0 Å². The summed E-state index contributed by atoms with van der Waals surface area (Å²) in [7, 11) is 0. The fraction of sp³-hybridized carbons (Fsp3) is 0.429. The molecule has 2 aromatic rings. The van der Waals surface area contributed by atoms with Gasteiger partial charge in [0, 0.05) is 12.8 Å². The van der Waals surface area contributed by atoms with Crippen LogP contribution in [0.25, 0.3) is 5.32 Å². The third kappa shape index (κ3) is 12.2. The number of carbonyl (C=O) groups is 4. The number of benzene rings is 2. The molecule has 200 valence electrons. The van der Waals surface area contributed by atoms with Crippen LogP contribution in [0.1, 0.15) is 50.7 Å². The molecule has 0 radical (unpaired) electrons. The molecule has 0 saturated carbocycles. The van der Waals surface area contributed by atoms with Gasteiger partial charge in [-0.1, -0.05) is 87.0 Å². The van der Waals surface area contributed by atoms with Gasteiger partial charge in [-0.15, -0.1) is 0 Å². The summed E-state index contributed by atoms with van der Waals surface area (Å²) in [5, 5.41) is 3.38. The quantitative estimate of drug-likeness (QED) is 0.379. The van der Waals surface area contributed by atoms with Crippen LogP contribution in [0, 0.1) is 0 Å². The van der Waals surface area contributed by atoms with Gasteiger partial charge in [0.2, 0.25) is 17.2 Å². The predicted octanol–water partition coefficient (Wildman–Crippen LogP) is 3.05. The molecule has 2 aliphatic rings. The van der Waals surface area contributed by atoms with Crippen LogP contribution in [0.4, 0.5) is 9.59 Å². The molecule has 2 fully saturated rings. The first-order valence-corrected chi connectivity index (χ1v) is 12.8. The van der Waals surface area contributed by atoms with E-state index >= 15 is 0 Å². The number of hydrogen-bond acceptors (Lipinski definition) is 6. The van der Waals surface area contributed by atoms with Gasteiger partial charge in [0.1, 0.15) is 6.61 Å². The maximum absolute atomic E-state index is 12.0. The Kier molecular flexibility index (Phi) is 16.1. The standard InChI is InChI=1S/C14H17NO3.C9H9ClO.C5H9NO2.Li/c1-2-12-10-18-14(17)15(12)13(16)9-8-11-6-4-3-5-7-11;10-9(11)7-6-8-4-2-1-3-5-8;1-2-4-3-8-5(7)6-4;/h3-7,12H,2,8-10H2,1H3;1-5H,6-7H2;4H,2-3H2,1H3,(H,6,7);/q;;;+1/p-1/t12-;;4-;/m1.1./s1. The SMILES string of the molecule is CC[C@@H]1COC(=O)N1C(=O)CCc1ccccc1.CC[C@@H]1COC(=O)[N-]1.O=C(Cl)CCc1ccccc1.[Li+]. The largest absolute Gasteiger partial charge is 1.00 e. The van der Waals surface area contributed by atoms with E-state index in [0.717, 1.165) is 30.4 Å². The van der Waals surface area contributed by atoms with Crippen molar-refractivity contribution in [3.63, 3.8) is 0 Å². The minimum atomic E-state index is -0.500. The van der Waals surface area contributed by atoms with Gasteiger partial charge in [-0.3, -0.25) is 14.4 Å². The van der Waals surface area contributed by atoms with Crippen molar-refractivity contribution in [1.82, 2.24) is 4.90 Å². The van der Waals surface area contributed by atoms with Gasteiger partial charge in [-0.25, -0.2) is 9.69 Å². The summed E-state index contributed by atoms with van der Waals surface area (Å²) in [5.74, 6) is -0.145. The molecule has 10 heteroatoms. The van der Waals surface area contributed by atoms with Crippen LogP contribution in [0.3, 0.4) is 0 Å². The van der Waals surface area contributed by atoms with E-state index in [1.807, 2.05) is 74.5 Å². The van der Waals surface area contributed by atoms with Gasteiger partial charge < -0.3 is 14.8 Å². The molecule has 0 unspecified atom stereocenters. The second-order valence-corrected chi connectivity index (χ2v) is 8.92. The van der Waals surface area contributed by atoms with E-state index in [2.05, 4.69) is 10.1 Å². The average Bonchev–Trinajstić information content (AvgIpc) is 3.52. The third-order valence-corrected chi connectivity index (χ3v) is 5.97. The van der Waals surface area contributed by atoms with Gasteiger partial charge in [0.15, 0.2) is 0 Å². The maximum atomic E-state index is 12.0. The average molecular weight is 537 g/mol. The van der Waals surface area contributed by atoms with Crippen molar-refractivity contribution < 1.29 is 47.5 Å². The number of amides is 3. The Morgan fingerprint density at radius 3 is 1.84 bits per heavy atom. The van der Waals surface area contributed by atoms with Crippen molar-refractivity contribution in [3.05, 3.63) is 77.1 Å². The summed E-state index contributed by atoms with van der Waals surface area (Å²) < 4.78 is 9.46. The van der Waals surface area contributed by atoms with Crippen LogP contribution >= 0.6 is 11.6 Å². The van der Waals surface area contributed by atoms with Gasteiger partial charge in [0.05, 0.1) is 12.6 Å². The van der Waals surface area contributed by atoms with Crippen LogP contribution in [0.15, 0.2) is 60.7 Å². The molecule has 0 spiro atoms. The van der Waals surface area contributed by atoms with E-state index in [1.54, 1.807) is 0 Å². The van der Waals surface area contributed by atoms with Crippen molar-refractivity contribution in [2.75, 3.05) is 13.2 Å². The second kappa shape index (κ2) is 18.5. The van der Waals surface area contributed by atoms with Crippen molar-refractivity contribution in [2.45, 2.75) is 64.5 Å². The Labute approximate surface area is 241 Å². The summed E-state index contributed by atoms with van der Waals surface area (Å²) in [6.45, 7) is 4.74. The number of rotatable bonds is 8. The Balaban J connectivity index is 0.000000309. The van der Waals surface area contributed by atoms with Gasteiger partial charge >= 0.3 is 25.0 Å². The summed E-state index contributed by atoms with van der Waals surface area (Å²) in [6, 6.07) is 19.6. The summed E-state index contributed by atoms with van der Waals surface area (Å²) in [6.07, 6.45) is 2.88. The van der Waals surface area contributed by atoms with Crippen molar-refractivity contribution in [2.24, 2.45) is 0 Å². The molecule has 0 aromatic heterocycles. The molecule has 0 bridgehead atoms. The smallest absolute Gasteiger partial charge is 0.612 e. The first-order valence-electron chi connectivity index (χ1n) is 12.5. The van der Waals surface area contributed by atoms with Gasteiger partial charge in [-0.2, -0.15) is 0 Å². The minimum Gasteiger partial charge on any atom is -0.612 e. The second-order valence-electron chi connectivity index (χ2n) is 8.50. The number of carbonyl (C=O) groups excluding carboxylic acids is 4. The summed E-state index contributed by atoms with van der Waals surface area (Å²) >= 11 is 5.19. The zero-order chi connectivity index (χ0) is 27.0. The summed E-state index contributed by atoms with van der Waals surface area (Å²) in [5.41, 5.74) is 2.26. The number of hydrogen-bond donors (Lipinski definition) is 0. The molecule has 0 aliphatic carbocycles. The molecule has 38 heavy (non-hydrogen) atoms. The number of imide groups is 1. The van der Waals surface area contributed by atoms with Gasteiger partial charge in [-0.05, 0) is 42.0 Å². The molecule has 0 N–H and O–H groups in total. The number of aryl methyl sites for hydroxylation is 2. The summed E-state index contributed by atoms with van der Waals surface area (Å²) in [4.78, 5) is 45.4. The molecule has 8 nitrogen and oxygen atoms in total. The van der Waals surface area contributed by atoms with E-state index in [4.69, 9.17) is 16.3 Å². The zero-order valence-electron chi connectivity index (χ0n) is 22.3. The number of halogens is 1. The molecular weight excluding hydrogens is 503 g/mol. The van der Waals surface area contributed by atoms with E-state index < -0.39 is 12.2 Å². The Bertz CT molecular complexity index is 1010. The molecule has 3 amide bonds. The molecular formula is C28H34ClLiN2O6.